The normalized spacial score (nSPS) is 52.5. The molecule has 0 aromatic heterocycles. The van der Waals surface area contributed by atoms with Crippen molar-refractivity contribution < 1.29 is 29.3 Å². The van der Waals surface area contributed by atoms with Crippen LogP contribution in [0.4, 0.5) is 4.39 Å². The highest BCUT2D eigenvalue weighted by Gasteiger charge is 2.75. The second-order valence-electron chi connectivity index (χ2n) is 9.75. The number of Topliss-reactive ketones (excluding diaryl/α,β-unsaturated/α-hetero) is 1. The lowest BCUT2D eigenvalue weighted by molar-refractivity contribution is -0.219. The van der Waals surface area contributed by atoms with E-state index in [4.69, 9.17) is 0 Å². The second-order valence-corrected chi connectivity index (χ2v) is 9.75. The smallest absolute Gasteiger partial charge is 0.190 e. The number of aliphatic hydroxyl groups is 3. The van der Waals surface area contributed by atoms with E-state index in [1.165, 1.54) is 12.2 Å². The standard InChI is InChI=1S/C22H29FO5/c1-12-8-16-15-5-4-13-9-14(25)6-7-19(13,2)21(15,23)17(26)10-20(16,3)22(12,28)18(27)11-24/h6-7,9,12,15-17,24,26,28H,4-5,8,10-11H2,1-3H3/t12-,15?,16?,17+,19?,20?,21-,22?/m1/s1. The van der Waals surface area contributed by atoms with Gasteiger partial charge in [-0.3, -0.25) is 9.59 Å². The van der Waals surface area contributed by atoms with Crippen molar-refractivity contribution in [2.24, 2.45) is 28.6 Å². The van der Waals surface area contributed by atoms with Crippen LogP contribution in [-0.4, -0.2) is 50.9 Å². The van der Waals surface area contributed by atoms with Gasteiger partial charge in [0.1, 0.15) is 12.2 Å². The fourth-order valence-corrected chi connectivity index (χ4v) is 7.26. The van der Waals surface area contributed by atoms with Crippen LogP contribution in [0.3, 0.4) is 0 Å². The van der Waals surface area contributed by atoms with Crippen molar-refractivity contribution in [3.05, 3.63) is 23.8 Å². The Morgan fingerprint density at radius 3 is 2.64 bits per heavy atom. The first-order chi connectivity index (χ1) is 13.0. The molecule has 0 amide bonds. The lowest BCUT2D eigenvalue weighted by Gasteiger charge is -2.62. The van der Waals surface area contributed by atoms with E-state index in [0.29, 0.717) is 24.8 Å². The molecule has 3 fully saturated rings. The van der Waals surface area contributed by atoms with Crippen molar-refractivity contribution in [2.75, 3.05) is 6.61 Å². The van der Waals surface area contributed by atoms with Crippen molar-refractivity contribution in [3.63, 3.8) is 0 Å². The first-order valence-corrected chi connectivity index (χ1v) is 10.1. The molecule has 154 valence electrons. The molecule has 0 saturated heterocycles. The minimum absolute atomic E-state index is 0.0676. The van der Waals surface area contributed by atoms with Gasteiger partial charge in [-0.05, 0) is 56.6 Å². The van der Waals surface area contributed by atoms with Gasteiger partial charge in [0.2, 0.25) is 0 Å². The highest BCUT2D eigenvalue weighted by atomic mass is 19.1. The van der Waals surface area contributed by atoms with Gasteiger partial charge in [0.05, 0.1) is 6.10 Å². The van der Waals surface area contributed by atoms with Crippen molar-refractivity contribution in [3.8, 4) is 0 Å². The monoisotopic (exact) mass is 392 g/mol. The Labute approximate surface area is 164 Å². The molecule has 4 aliphatic rings. The number of ketones is 2. The van der Waals surface area contributed by atoms with Crippen LogP contribution in [0.2, 0.25) is 0 Å². The molecule has 28 heavy (non-hydrogen) atoms. The zero-order valence-corrected chi connectivity index (χ0v) is 16.6. The fourth-order valence-electron chi connectivity index (χ4n) is 7.26. The van der Waals surface area contributed by atoms with Crippen LogP contribution in [0, 0.1) is 28.6 Å². The summed E-state index contributed by atoms with van der Waals surface area (Å²) in [7, 11) is 0. The molecule has 4 aliphatic carbocycles. The summed E-state index contributed by atoms with van der Waals surface area (Å²) < 4.78 is 16.9. The Bertz CT molecular complexity index is 805. The van der Waals surface area contributed by atoms with E-state index < -0.39 is 52.4 Å². The molecular formula is C22H29FO5. The molecule has 3 N–H and O–H groups in total. The number of hydrogen-bond donors (Lipinski definition) is 3. The third-order valence-electron chi connectivity index (χ3n) is 8.79. The largest absolute Gasteiger partial charge is 0.390 e. The van der Waals surface area contributed by atoms with Crippen LogP contribution in [0.1, 0.15) is 46.5 Å². The summed E-state index contributed by atoms with van der Waals surface area (Å²) in [4.78, 5) is 24.4. The van der Waals surface area contributed by atoms with Gasteiger partial charge in [0, 0.05) is 16.7 Å². The molecular weight excluding hydrogens is 363 g/mol. The van der Waals surface area contributed by atoms with Crippen molar-refractivity contribution in [1.82, 2.24) is 0 Å². The predicted octanol–water partition coefficient (Wildman–Crippen LogP) is 1.90. The molecule has 3 saturated carbocycles. The maximum absolute atomic E-state index is 16.9. The summed E-state index contributed by atoms with van der Waals surface area (Å²) in [6.45, 7) is 4.48. The van der Waals surface area contributed by atoms with Gasteiger partial charge in [-0.25, -0.2) is 4.39 Å². The molecule has 0 heterocycles. The zero-order chi connectivity index (χ0) is 20.7. The first-order valence-electron chi connectivity index (χ1n) is 10.1. The van der Waals surface area contributed by atoms with E-state index in [-0.39, 0.29) is 18.1 Å². The number of allylic oxidation sites excluding steroid dienone is 4. The molecule has 6 heteroatoms. The highest BCUT2D eigenvalue weighted by molar-refractivity contribution is 6.01. The van der Waals surface area contributed by atoms with Gasteiger partial charge < -0.3 is 15.3 Å². The minimum atomic E-state index is -1.98. The summed E-state index contributed by atoms with van der Waals surface area (Å²) in [5, 5.41) is 32.0. The van der Waals surface area contributed by atoms with E-state index in [2.05, 4.69) is 0 Å². The molecule has 0 spiro atoms. The molecule has 4 rings (SSSR count). The summed E-state index contributed by atoms with van der Waals surface area (Å²) in [6, 6.07) is 0. The Balaban J connectivity index is 1.84. The SMILES string of the molecule is C[C@@H]1CC2C3CCC4=CC(=O)C=CC4(C)[C@]3(F)[C@@H](O)CC2(C)C1(O)C(=O)CO. The Morgan fingerprint density at radius 2 is 2.00 bits per heavy atom. The molecule has 0 aromatic carbocycles. The number of carbonyl (C=O) groups excluding carboxylic acids is 2. The summed E-state index contributed by atoms with van der Waals surface area (Å²) in [6.07, 6.45) is 4.44. The highest BCUT2D eigenvalue weighted by Crippen LogP contribution is 2.70. The van der Waals surface area contributed by atoms with Crippen LogP contribution in [-0.2, 0) is 9.59 Å². The van der Waals surface area contributed by atoms with Crippen LogP contribution in [0.15, 0.2) is 23.8 Å². The van der Waals surface area contributed by atoms with Crippen molar-refractivity contribution in [2.45, 2.75) is 63.8 Å². The molecule has 0 bridgehead atoms. The zero-order valence-electron chi connectivity index (χ0n) is 16.6. The van der Waals surface area contributed by atoms with Gasteiger partial charge >= 0.3 is 0 Å². The Hall–Kier alpha value is -1.37. The van der Waals surface area contributed by atoms with Crippen LogP contribution in [0.5, 0.6) is 0 Å². The lowest BCUT2D eigenvalue weighted by Crippen LogP contribution is -2.69. The lowest BCUT2D eigenvalue weighted by atomic mass is 9.44. The number of rotatable bonds is 2. The molecule has 0 aromatic rings. The molecule has 5 unspecified atom stereocenters. The van der Waals surface area contributed by atoms with Crippen molar-refractivity contribution >= 4 is 11.6 Å². The van der Waals surface area contributed by atoms with E-state index >= 15 is 4.39 Å². The third kappa shape index (κ3) is 2.01. The maximum atomic E-state index is 16.9. The quantitative estimate of drug-likeness (QED) is 0.667. The number of aliphatic hydroxyl groups excluding tert-OH is 2. The van der Waals surface area contributed by atoms with Crippen molar-refractivity contribution in [1.29, 1.82) is 0 Å². The van der Waals surface area contributed by atoms with Crippen LogP contribution < -0.4 is 0 Å². The van der Waals surface area contributed by atoms with Crippen LogP contribution >= 0.6 is 0 Å². The van der Waals surface area contributed by atoms with E-state index in [1.54, 1.807) is 26.8 Å². The average molecular weight is 392 g/mol. The first kappa shape index (κ1) is 19.9. The number of halogens is 1. The number of hydrogen-bond acceptors (Lipinski definition) is 5. The minimum Gasteiger partial charge on any atom is -0.390 e. The summed E-state index contributed by atoms with van der Waals surface area (Å²) >= 11 is 0. The van der Waals surface area contributed by atoms with E-state index in [0.717, 1.165) is 0 Å². The van der Waals surface area contributed by atoms with Crippen LogP contribution in [0.25, 0.3) is 0 Å². The van der Waals surface area contributed by atoms with Gasteiger partial charge in [0.15, 0.2) is 17.2 Å². The molecule has 0 radical (unpaired) electrons. The number of carbonyl (C=O) groups is 2. The number of alkyl halides is 1. The van der Waals surface area contributed by atoms with Gasteiger partial charge in [-0.2, -0.15) is 0 Å². The fraction of sp³-hybridized carbons (Fsp3) is 0.727. The molecule has 5 nitrogen and oxygen atoms in total. The van der Waals surface area contributed by atoms with Gasteiger partial charge in [-0.1, -0.05) is 25.5 Å². The summed E-state index contributed by atoms with van der Waals surface area (Å²) in [5.74, 6) is -2.12. The third-order valence-corrected chi connectivity index (χ3v) is 8.79. The Kier molecular flexibility index (Phi) is 4.15. The average Bonchev–Trinajstić information content (AvgIpc) is 2.84. The topological polar surface area (TPSA) is 94.8 Å². The predicted molar refractivity (Wildman–Crippen MR) is 99.9 cm³/mol. The maximum Gasteiger partial charge on any atom is 0.190 e. The molecule has 0 aliphatic heterocycles. The Morgan fingerprint density at radius 1 is 1.32 bits per heavy atom. The van der Waals surface area contributed by atoms with Gasteiger partial charge in [0.25, 0.3) is 0 Å². The summed E-state index contributed by atoms with van der Waals surface area (Å²) in [5.41, 5.74) is -5.17. The van der Waals surface area contributed by atoms with E-state index in [1.807, 2.05) is 0 Å². The molecule has 8 atom stereocenters. The number of fused-ring (bicyclic) bond motifs is 5. The van der Waals surface area contributed by atoms with Gasteiger partial charge in [-0.15, -0.1) is 0 Å². The second kappa shape index (κ2) is 5.83. The van der Waals surface area contributed by atoms with E-state index in [9.17, 15) is 24.9 Å².